The fourth-order valence-corrected chi connectivity index (χ4v) is 2.88. The summed E-state index contributed by atoms with van der Waals surface area (Å²) in [7, 11) is 0. The Morgan fingerprint density at radius 3 is 2.70 bits per heavy atom. The predicted molar refractivity (Wildman–Crippen MR) is 107 cm³/mol. The van der Waals surface area contributed by atoms with Crippen LogP contribution < -0.4 is 10.1 Å². The van der Waals surface area contributed by atoms with E-state index in [1.54, 1.807) is 25.1 Å². The Bertz CT molecular complexity index is 1140. The summed E-state index contributed by atoms with van der Waals surface area (Å²) in [6, 6.07) is 9.99. The maximum Gasteiger partial charge on any atom is 0.354 e. The number of hydrogen-bond donors (Lipinski definition) is 2. The van der Waals surface area contributed by atoms with Gasteiger partial charge in [-0.15, -0.1) is 0 Å². The Kier molecular flexibility index (Phi) is 5.98. The van der Waals surface area contributed by atoms with Crippen molar-refractivity contribution in [3.63, 3.8) is 0 Å². The SMILES string of the molecule is Cc1cc(Cl)ccc1Oc1cc(NC(=O)Cn2nccc2C(=O)O)cc([N+](=O)[O-])c1. The number of benzene rings is 2. The lowest BCUT2D eigenvalue weighted by Gasteiger charge is -2.11. The number of nitro groups is 1. The number of carbonyl (C=O) groups is 2. The highest BCUT2D eigenvalue weighted by Crippen LogP contribution is 2.32. The molecule has 0 aliphatic heterocycles. The molecule has 0 bridgehead atoms. The lowest BCUT2D eigenvalue weighted by Crippen LogP contribution is -2.22. The van der Waals surface area contributed by atoms with Crippen LogP contribution in [0.25, 0.3) is 0 Å². The number of ether oxygens (including phenoxy) is 1. The van der Waals surface area contributed by atoms with Crippen molar-refractivity contribution in [2.75, 3.05) is 5.32 Å². The first kappa shape index (κ1) is 20.8. The second-order valence-electron chi connectivity index (χ2n) is 6.21. The summed E-state index contributed by atoms with van der Waals surface area (Å²) in [5, 5.41) is 27.1. The number of carboxylic acids is 1. The first-order valence-corrected chi connectivity index (χ1v) is 8.89. The van der Waals surface area contributed by atoms with Crippen LogP contribution in [0.3, 0.4) is 0 Å². The summed E-state index contributed by atoms with van der Waals surface area (Å²) in [6.45, 7) is 1.38. The Morgan fingerprint density at radius 2 is 2.03 bits per heavy atom. The summed E-state index contributed by atoms with van der Waals surface area (Å²) >= 11 is 5.92. The van der Waals surface area contributed by atoms with Gasteiger partial charge in [-0.3, -0.25) is 14.9 Å². The van der Waals surface area contributed by atoms with Crippen molar-refractivity contribution >= 4 is 34.9 Å². The van der Waals surface area contributed by atoms with E-state index in [-0.39, 0.29) is 29.4 Å². The molecule has 1 aromatic heterocycles. The van der Waals surface area contributed by atoms with E-state index in [4.69, 9.17) is 21.4 Å². The first-order valence-electron chi connectivity index (χ1n) is 8.51. The number of amides is 1. The van der Waals surface area contributed by atoms with Crippen LogP contribution in [0.1, 0.15) is 16.1 Å². The minimum absolute atomic E-state index is 0.111. The molecule has 0 radical (unpaired) electrons. The average Bonchev–Trinajstić information content (AvgIpc) is 3.12. The number of anilines is 1. The zero-order chi connectivity index (χ0) is 21.8. The number of aromatic carboxylic acids is 1. The molecule has 0 spiro atoms. The van der Waals surface area contributed by atoms with Gasteiger partial charge in [0, 0.05) is 23.4 Å². The van der Waals surface area contributed by atoms with Gasteiger partial charge in [0.05, 0.1) is 16.7 Å². The van der Waals surface area contributed by atoms with Crippen molar-refractivity contribution < 1.29 is 24.4 Å². The third-order valence-corrected chi connectivity index (χ3v) is 4.21. The Hall–Kier alpha value is -3.92. The van der Waals surface area contributed by atoms with Crippen molar-refractivity contribution in [2.24, 2.45) is 0 Å². The summed E-state index contributed by atoms with van der Waals surface area (Å²) in [4.78, 5) is 34.1. The molecule has 0 saturated heterocycles. The summed E-state index contributed by atoms with van der Waals surface area (Å²) in [5.74, 6) is -1.27. The molecule has 0 saturated carbocycles. The van der Waals surface area contributed by atoms with Gasteiger partial charge in [-0.25, -0.2) is 9.48 Å². The maximum absolute atomic E-state index is 12.3. The molecule has 0 unspecified atom stereocenters. The smallest absolute Gasteiger partial charge is 0.354 e. The van der Waals surface area contributed by atoms with Gasteiger partial charge in [0.1, 0.15) is 23.7 Å². The molecule has 1 heterocycles. The van der Waals surface area contributed by atoms with E-state index in [9.17, 15) is 19.7 Å². The third-order valence-electron chi connectivity index (χ3n) is 3.98. The number of nitrogens with zero attached hydrogens (tertiary/aromatic N) is 3. The van der Waals surface area contributed by atoms with E-state index < -0.39 is 16.8 Å². The van der Waals surface area contributed by atoms with Gasteiger partial charge in [-0.2, -0.15) is 5.10 Å². The standard InChI is InChI=1S/C19H15ClN4O6/c1-11-6-12(20)2-3-17(11)30-15-8-13(7-14(9-15)24(28)29)22-18(25)10-23-16(19(26)27)4-5-21-23/h2-9H,10H2,1H3,(H,22,25)(H,26,27). The quantitative estimate of drug-likeness (QED) is 0.428. The second-order valence-corrected chi connectivity index (χ2v) is 6.65. The summed E-state index contributed by atoms with van der Waals surface area (Å²) < 4.78 is 6.73. The van der Waals surface area contributed by atoms with E-state index in [2.05, 4.69) is 10.4 Å². The number of non-ortho nitro benzene ring substituents is 1. The molecule has 0 aliphatic carbocycles. The molecule has 154 valence electrons. The molecule has 0 fully saturated rings. The van der Waals surface area contributed by atoms with E-state index >= 15 is 0 Å². The van der Waals surface area contributed by atoms with Crippen LogP contribution in [-0.4, -0.2) is 31.7 Å². The Labute approximate surface area is 174 Å². The molecule has 2 aromatic carbocycles. The number of halogens is 1. The largest absolute Gasteiger partial charge is 0.477 e. The monoisotopic (exact) mass is 430 g/mol. The number of nitro benzene ring substituents is 1. The first-order chi connectivity index (χ1) is 14.2. The molecule has 10 nitrogen and oxygen atoms in total. The lowest BCUT2D eigenvalue weighted by molar-refractivity contribution is -0.384. The van der Waals surface area contributed by atoms with Crippen LogP contribution in [0.5, 0.6) is 11.5 Å². The maximum atomic E-state index is 12.3. The minimum Gasteiger partial charge on any atom is -0.477 e. The number of aryl methyl sites for hydroxylation is 1. The van der Waals surface area contributed by atoms with Crippen molar-refractivity contribution in [2.45, 2.75) is 13.5 Å². The van der Waals surface area contributed by atoms with Crippen LogP contribution >= 0.6 is 11.6 Å². The average molecular weight is 431 g/mol. The number of hydrogen-bond acceptors (Lipinski definition) is 6. The molecule has 0 atom stereocenters. The topological polar surface area (TPSA) is 137 Å². The highest BCUT2D eigenvalue weighted by Gasteiger charge is 2.16. The van der Waals surface area contributed by atoms with E-state index in [0.29, 0.717) is 10.8 Å². The van der Waals surface area contributed by atoms with Crippen LogP contribution in [0.4, 0.5) is 11.4 Å². The minimum atomic E-state index is -1.23. The van der Waals surface area contributed by atoms with Gasteiger partial charge in [-0.05, 0) is 36.8 Å². The molecule has 1 amide bonds. The van der Waals surface area contributed by atoms with Gasteiger partial charge < -0.3 is 15.2 Å². The fraction of sp³-hybridized carbons (Fsp3) is 0.105. The number of carbonyl (C=O) groups excluding carboxylic acids is 1. The molecule has 2 N–H and O–H groups in total. The van der Waals surface area contributed by atoms with Gasteiger partial charge in [0.15, 0.2) is 0 Å². The summed E-state index contributed by atoms with van der Waals surface area (Å²) in [5.41, 5.74) is 0.380. The molecular weight excluding hydrogens is 416 g/mol. The van der Waals surface area contributed by atoms with E-state index in [1.807, 2.05) is 0 Å². The van der Waals surface area contributed by atoms with Crippen LogP contribution in [0.2, 0.25) is 5.02 Å². The highest BCUT2D eigenvalue weighted by molar-refractivity contribution is 6.30. The number of rotatable bonds is 7. The van der Waals surface area contributed by atoms with Crippen LogP contribution in [0.15, 0.2) is 48.7 Å². The fourth-order valence-electron chi connectivity index (χ4n) is 2.65. The highest BCUT2D eigenvalue weighted by atomic mass is 35.5. The zero-order valence-electron chi connectivity index (χ0n) is 15.5. The molecule has 3 rings (SSSR count). The van der Waals surface area contributed by atoms with E-state index in [0.717, 1.165) is 10.2 Å². The second kappa shape index (κ2) is 8.62. The number of nitrogens with one attached hydrogen (secondary N) is 1. The normalized spacial score (nSPS) is 10.5. The third kappa shape index (κ3) is 4.92. The molecule has 3 aromatic rings. The van der Waals surface area contributed by atoms with E-state index in [1.165, 1.54) is 30.5 Å². The number of carboxylic acid groups (broad SMARTS) is 1. The predicted octanol–water partition coefficient (Wildman–Crippen LogP) is 3.88. The van der Waals surface area contributed by atoms with Gasteiger partial charge in [-0.1, -0.05) is 11.6 Å². The van der Waals surface area contributed by atoms with Gasteiger partial charge >= 0.3 is 5.97 Å². The molecular formula is C19H15ClN4O6. The number of aromatic nitrogens is 2. The van der Waals surface area contributed by atoms with Crippen molar-refractivity contribution in [3.05, 3.63) is 75.1 Å². The van der Waals surface area contributed by atoms with Crippen molar-refractivity contribution in [3.8, 4) is 11.5 Å². The Balaban J connectivity index is 1.83. The van der Waals surface area contributed by atoms with Gasteiger partial charge in [0.2, 0.25) is 5.91 Å². The van der Waals surface area contributed by atoms with Crippen molar-refractivity contribution in [1.82, 2.24) is 9.78 Å². The molecule has 0 aliphatic rings. The zero-order valence-corrected chi connectivity index (χ0v) is 16.3. The van der Waals surface area contributed by atoms with Crippen molar-refractivity contribution in [1.29, 1.82) is 0 Å². The molecule has 11 heteroatoms. The Morgan fingerprint density at radius 1 is 1.27 bits per heavy atom. The summed E-state index contributed by atoms with van der Waals surface area (Å²) in [6.07, 6.45) is 1.25. The van der Waals surface area contributed by atoms with Gasteiger partial charge in [0.25, 0.3) is 5.69 Å². The lowest BCUT2D eigenvalue weighted by atomic mass is 10.2. The van der Waals surface area contributed by atoms with Crippen LogP contribution in [-0.2, 0) is 11.3 Å². The van der Waals surface area contributed by atoms with Crippen LogP contribution in [0, 0.1) is 17.0 Å². The molecule has 30 heavy (non-hydrogen) atoms.